The number of hydrogen-bond donors (Lipinski definition) is 1. The Hall–Kier alpha value is -2.47. The molecule has 26 heavy (non-hydrogen) atoms. The van der Waals surface area contributed by atoms with Crippen molar-refractivity contribution in [2.75, 3.05) is 18.9 Å². The molecule has 2 heterocycles. The van der Waals surface area contributed by atoms with Gasteiger partial charge >= 0.3 is 0 Å². The minimum absolute atomic E-state index is 0.289. The Bertz CT molecular complexity index is 855. The summed E-state index contributed by atoms with van der Waals surface area (Å²) in [5, 5.41) is 8.06. The predicted octanol–water partition coefficient (Wildman–Crippen LogP) is 3.31. The molecule has 3 aromatic rings. The first-order chi connectivity index (χ1) is 12.5. The number of nitrogens with zero attached hydrogens (tertiary/aromatic N) is 5. The van der Waals surface area contributed by atoms with E-state index in [4.69, 9.17) is 0 Å². The zero-order valence-electron chi connectivity index (χ0n) is 16.3. The fourth-order valence-corrected chi connectivity index (χ4v) is 3.10. The number of aromatic nitrogens is 4. The molecule has 0 fully saturated rings. The van der Waals surface area contributed by atoms with E-state index in [2.05, 4.69) is 83.4 Å². The summed E-state index contributed by atoms with van der Waals surface area (Å²) >= 11 is 0. The van der Waals surface area contributed by atoms with Gasteiger partial charge in [0.2, 0.25) is 0 Å². The van der Waals surface area contributed by atoms with E-state index in [1.165, 1.54) is 5.56 Å². The lowest BCUT2D eigenvalue weighted by Crippen LogP contribution is -2.38. The first-order valence-electron chi connectivity index (χ1n) is 9.11. The minimum Gasteiger partial charge on any atom is -0.365 e. The van der Waals surface area contributed by atoms with E-state index >= 15 is 0 Å². The van der Waals surface area contributed by atoms with E-state index < -0.39 is 0 Å². The van der Waals surface area contributed by atoms with Gasteiger partial charge in [0.25, 0.3) is 5.78 Å². The zero-order chi connectivity index (χ0) is 18.7. The molecule has 0 bridgehead atoms. The first kappa shape index (κ1) is 18.3. The fourth-order valence-electron chi connectivity index (χ4n) is 3.10. The van der Waals surface area contributed by atoms with Crippen molar-refractivity contribution in [2.24, 2.45) is 5.92 Å². The smallest absolute Gasteiger partial charge is 0.254 e. The number of likely N-dealkylation sites (N-methyl/N-ethyl adjacent to an activating group) is 1. The van der Waals surface area contributed by atoms with E-state index in [1.54, 1.807) is 10.8 Å². The second-order valence-electron chi connectivity index (χ2n) is 7.32. The molecule has 6 nitrogen and oxygen atoms in total. The van der Waals surface area contributed by atoms with E-state index in [0.717, 1.165) is 30.2 Å². The summed E-state index contributed by atoms with van der Waals surface area (Å²) in [6, 6.07) is 10.9. The molecule has 1 atom stereocenters. The second kappa shape index (κ2) is 7.83. The van der Waals surface area contributed by atoms with Crippen LogP contribution in [-0.4, -0.2) is 44.1 Å². The monoisotopic (exact) mass is 352 g/mol. The van der Waals surface area contributed by atoms with Crippen molar-refractivity contribution in [1.29, 1.82) is 0 Å². The molecule has 0 radical (unpaired) electrons. The maximum atomic E-state index is 4.50. The molecular formula is C20H28N6. The number of anilines is 1. The van der Waals surface area contributed by atoms with Crippen LogP contribution in [0.4, 0.5) is 5.82 Å². The van der Waals surface area contributed by atoms with Crippen molar-refractivity contribution in [3.8, 4) is 0 Å². The average Bonchev–Trinajstić information content (AvgIpc) is 3.06. The molecule has 6 heteroatoms. The highest BCUT2D eigenvalue weighted by Crippen LogP contribution is 2.21. The van der Waals surface area contributed by atoms with Gasteiger partial charge in [-0.1, -0.05) is 44.2 Å². The summed E-state index contributed by atoms with van der Waals surface area (Å²) < 4.78 is 1.80. The van der Waals surface area contributed by atoms with Crippen molar-refractivity contribution in [3.63, 3.8) is 0 Å². The van der Waals surface area contributed by atoms with Crippen molar-refractivity contribution in [2.45, 2.75) is 40.3 Å². The van der Waals surface area contributed by atoms with Crippen LogP contribution >= 0.6 is 0 Å². The first-order valence-corrected chi connectivity index (χ1v) is 9.11. The summed E-state index contributed by atoms with van der Waals surface area (Å²) in [5.74, 6) is 2.09. The van der Waals surface area contributed by atoms with E-state index in [1.807, 2.05) is 6.92 Å². The Labute approximate surface area is 155 Å². The molecule has 0 saturated heterocycles. The van der Waals surface area contributed by atoms with Crippen LogP contribution in [0.2, 0.25) is 0 Å². The summed E-state index contributed by atoms with van der Waals surface area (Å²) in [5.41, 5.74) is 3.42. The van der Waals surface area contributed by atoms with Gasteiger partial charge in [0.1, 0.15) is 12.1 Å². The van der Waals surface area contributed by atoms with Crippen LogP contribution in [0.15, 0.2) is 36.7 Å². The molecule has 0 aliphatic carbocycles. The third-order valence-electron chi connectivity index (χ3n) is 4.84. The van der Waals surface area contributed by atoms with Crippen LogP contribution in [-0.2, 0) is 6.54 Å². The van der Waals surface area contributed by atoms with Gasteiger partial charge in [-0.2, -0.15) is 14.6 Å². The number of nitrogens with one attached hydrogen (secondary N) is 1. The molecule has 1 aromatic carbocycles. The quantitative estimate of drug-likeness (QED) is 0.707. The number of hydrogen-bond acceptors (Lipinski definition) is 5. The highest BCUT2D eigenvalue weighted by Gasteiger charge is 2.20. The molecule has 0 amide bonds. The third-order valence-corrected chi connectivity index (χ3v) is 4.84. The van der Waals surface area contributed by atoms with Gasteiger partial charge in [-0.05, 0) is 32.4 Å². The zero-order valence-corrected chi connectivity index (χ0v) is 16.3. The normalized spacial score (nSPS) is 12.9. The van der Waals surface area contributed by atoms with Crippen molar-refractivity contribution < 1.29 is 0 Å². The molecule has 1 unspecified atom stereocenters. The number of rotatable bonds is 7. The van der Waals surface area contributed by atoms with Gasteiger partial charge in [0, 0.05) is 30.4 Å². The number of fused-ring (bicyclic) bond motifs is 1. The van der Waals surface area contributed by atoms with Crippen LogP contribution in [0.1, 0.15) is 30.7 Å². The Morgan fingerprint density at radius 3 is 2.58 bits per heavy atom. The summed E-state index contributed by atoms with van der Waals surface area (Å²) in [4.78, 5) is 11.1. The number of aryl methyl sites for hydroxylation is 1. The van der Waals surface area contributed by atoms with Gasteiger partial charge in [0.15, 0.2) is 0 Å². The predicted molar refractivity (Wildman–Crippen MR) is 105 cm³/mol. The second-order valence-corrected chi connectivity index (χ2v) is 7.32. The molecule has 3 rings (SSSR count). The van der Waals surface area contributed by atoms with Crippen molar-refractivity contribution in [3.05, 3.63) is 53.5 Å². The Balaban J connectivity index is 1.79. The van der Waals surface area contributed by atoms with Crippen LogP contribution in [0.5, 0.6) is 0 Å². The van der Waals surface area contributed by atoms with E-state index in [9.17, 15) is 0 Å². The number of benzene rings is 1. The van der Waals surface area contributed by atoms with Crippen molar-refractivity contribution in [1.82, 2.24) is 24.5 Å². The fraction of sp³-hybridized carbons (Fsp3) is 0.450. The van der Waals surface area contributed by atoms with Gasteiger partial charge in [-0.3, -0.25) is 0 Å². The van der Waals surface area contributed by atoms with Crippen molar-refractivity contribution >= 4 is 11.6 Å². The van der Waals surface area contributed by atoms with Crippen LogP contribution in [0.25, 0.3) is 5.78 Å². The molecule has 0 aliphatic heterocycles. The summed E-state index contributed by atoms with van der Waals surface area (Å²) in [7, 11) is 2.17. The Kier molecular flexibility index (Phi) is 5.52. The minimum atomic E-state index is 0.289. The maximum Gasteiger partial charge on any atom is 0.254 e. The average molecular weight is 352 g/mol. The molecule has 138 valence electrons. The SMILES string of the molecule is Cc1nc2ncnn2c(NC(CN(C)Cc2ccccc2)C(C)C)c1C. The molecule has 1 N–H and O–H groups in total. The third kappa shape index (κ3) is 4.02. The standard InChI is InChI=1S/C20H28N6/c1-14(2)18(12-25(5)11-17-9-7-6-8-10-17)24-19-15(3)16(4)23-20-21-13-22-26(19)20/h6-10,13-14,18,24H,11-12H2,1-5H3. The molecule has 0 aliphatic rings. The van der Waals surface area contributed by atoms with Crippen LogP contribution in [0, 0.1) is 19.8 Å². The van der Waals surface area contributed by atoms with E-state index in [-0.39, 0.29) is 6.04 Å². The molecule has 2 aromatic heterocycles. The lowest BCUT2D eigenvalue weighted by Gasteiger charge is -2.29. The summed E-state index contributed by atoms with van der Waals surface area (Å²) in [6.45, 7) is 10.5. The largest absolute Gasteiger partial charge is 0.365 e. The highest BCUT2D eigenvalue weighted by atomic mass is 15.4. The van der Waals surface area contributed by atoms with Gasteiger partial charge < -0.3 is 10.2 Å². The van der Waals surface area contributed by atoms with Gasteiger partial charge in [-0.15, -0.1) is 0 Å². The van der Waals surface area contributed by atoms with Gasteiger partial charge in [-0.25, -0.2) is 4.98 Å². The van der Waals surface area contributed by atoms with Crippen LogP contribution < -0.4 is 5.32 Å². The Morgan fingerprint density at radius 2 is 1.88 bits per heavy atom. The van der Waals surface area contributed by atoms with Crippen LogP contribution in [0.3, 0.4) is 0 Å². The molecular weight excluding hydrogens is 324 g/mol. The highest BCUT2D eigenvalue weighted by molar-refractivity contribution is 5.52. The maximum absolute atomic E-state index is 4.50. The lowest BCUT2D eigenvalue weighted by molar-refractivity contribution is 0.286. The van der Waals surface area contributed by atoms with Gasteiger partial charge in [0.05, 0.1) is 0 Å². The molecule has 0 spiro atoms. The van der Waals surface area contributed by atoms with E-state index in [0.29, 0.717) is 11.7 Å². The molecule has 0 saturated carbocycles. The topological polar surface area (TPSA) is 58.4 Å². The Morgan fingerprint density at radius 1 is 1.15 bits per heavy atom. The lowest BCUT2D eigenvalue weighted by atomic mass is 10.0. The summed E-state index contributed by atoms with van der Waals surface area (Å²) in [6.07, 6.45) is 1.55.